The van der Waals surface area contributed by atoms with Gasteiger partial charge in [-0.3, -0.25) is 4.79 Å². The smallest absolute Gasteiger partial charge is 0.314 e. The summed E-state index contributed by atoms with van der Waals surface area (Å²) in [5.74, 6) is 0.413. The van der Waals surface area contributed by atoms with Gasteiger partial charge in [0.2, 0.25) is 0 Å². The van der Waals surface area contributed by atoms with Gasteiger partial charge in [-0.05, 0) is 24.5 Å². The average Bonchev–Trinajstić information content (AvgIpc) is 2.80. The minimum atomic E-state index is -0.873. The van der Waals surface area contributed by atoms with Gasteiger partial charge in [-0.15, -0.1) is 0 Å². The van der Waals surface area contributed by atoms with Crippen LogP contribution in [0.2, 0.25) is 5.02 Å². The fourth-order valence-electron chi connectivity index (χ4n) is 3.13. The molecule has 1 aliphatic carbocycles. The molecular weight excluding hydrogens is 280 g/mol. The number of ether oxygens (including phenoxy) is 2. The topological polar surface area (TPSA) is 55.8 Å². The molecule has 1 saturated carbocycles. The van der Waals surface area contributed by atoms with Gasteiger partial charge >= 0.3 is 5.97 Å². The van der Waals surface area contributed by atoms with Crippen molar-refractivity contribution in [2.24, 2.45) is 0 Å². The van der Waals surface area contributed by atoms with Gasteiger partial charge in [0.1, 0.15) is 0 Å². The van der Waals surface area contributed by atoms with Crippen LogP contribution in [0, 0.1) is 0 Å². The predicted octanol–water partition coefficient (Wildman–Crippen LogP) is 3.40. The van der Waals surface area contributed by atoms with Crippen molar-refractivity contribution in [2.75, 3.05) is 13.2 Å². The van der Waals surface area contributed by atoms with E-state index in [1.165, 1.54) is 0 Å². The van der Waals surface area contributed by atoms with Crippen LogP contribution in [0.3, 0.4) is 0 Å². The van der Waals surface area contributed by atoms with Gasteiger partial charge in [0.05, 0.1) is 18.6 Å². The molecule has 2 aliphatic rings. The number of carbonyl (C=O) groups is 1. The fraction of sp³-hybridized carbons (Fsp3) is 0.533. The number of carboxylic acid groups (broad SMARTS) is 1. The Bertz CT molecular complexity index is 535. The lowest BCUT2D eigenvalue weighted by molar-refractivity contribution is -0.143. The van der Waals surface area contributed by atoms with E-state index in [-0.39, 0.29) is 0 Å². The quantitative estimate of drug-likeness (QED) is 0.909. The number of aliphatic carboxylic acids is 1. The molecule has 1 aromatic carbocycles. The van der Waals surface area contributed by atoms with Crippen molar-refractivity contribution in [3.63, 3.8) is 0 Å². The average molecular weight is 297 g/mol. The molecule has 1 aliphatic heterocycles. The number of fused-ring (bicyclic) bond motifs is 1. The van der Waals surface area contributed by atoms with Crippen LogP contribution in [0.15, 0.2) is 12.1 Å². The van der Waals surface area contributed by atoms with E-state index in [9.17, 15) is 9.90 Å². The Morgan fingerprint density at radius 3 is 2.30 bits per heavy atom. The Morgan fingerprint density at radius 2 is 1.70 bits per heavy atom. The van der Waals surface area contributed by atoms with Gasteiger partial charge < -0.3 is 14.6 Å². The minimum Gasteiger partial charge on any atom is -0.490 e. The van der Waals surface area contributed by atoms with Crippen LogP contribution in [0.25, 0.3) is 0 Å². The van der Waals surface area contributed by atoms with Crippen molar-refractivity contribution in [1.29, 1.82) is 0 Å². The van der Waals surface area contributed by atoms with Gasteiger partial charge in [-0.1, -0.05) is 24.4 Å². The Hall–Kier alpha value is -1.42. The Morgan fingerprint density at radius 1 is 1.10 bits per heavy atom. The van der Waals surface area contributed by atoms with Crippen molar-refractivity contribution in [3.05, 3.63) is 22.7 Å². The summed E-state index contributed by atoms with van der Waals surface area (Å²) in [6, 6.07) is 3.46. The van der Waals surface area contributed by atoms with Crippen LogP contribution in [-0.4, -0.2) is 24.3 Å². The molecule has 0 radical (unpaired) electrons. The number of hydrogen-bond acceptors (Lipinski definition) is 3. The second kappa shape index (κ2) is 5.17. The molecule has 1 N–H and O–H groups in total. The van der Waals surface area contributed by atoms with Crippen molar-refractivity contribution < 1.29 is 19.4 Å². The summed E-state index contributed by atoms with van der Waals surface area (Å²) in [7, 11) is 0. The van der Waals surface area contributed by atoms with E-state index in [4.69, 9.17) is 21.1 Å². The maximum absolute atomic E-state index is 11.8. The summed E-state index contributed by atoms with van der Waals surface area (Å²) in [6.07, 6.45) is 3.89. The Balaban J connectivity index is 2.09. The third-order valence-electron chi connectivity index (χ3n) is 4.22. The van der Waals surface area contributed by atoms with E-state index >= 15 is 0 Å². The number of hydrogen-bond donors (Lipinski definition) is 1. The van der Waals surface area contributed by atoms with E-state index in [1.54, 1.807) is 12.1 Å². The molecular formula is C15H17ClO4. The lowest BCUT2D eigenvalue weighted by Gasteiger charge is -2.26. The van der Waals surface area contributed by atoms with Gasteiger partial charge in [-0.2, -0.15) is 0 Å². The molecule has 0 spiro atoms. The molecule has 0 atom stereocenters. The molecule has 0 bridgehead atoms. The fourth-order valence-corrected chi connectivity index (χ4v) is 3.46. The van der Waals surface area contributed by atoms with E-state index in [0.29, 0.717) is 48.1 Å². The highest BCUT2D eigenvalue weighted by Crippen LogP contribution is 2.47. The summed E-state index contributed by atoms with van der Waals surface area (Å²) < 4.78 is 11.2. The van der Waals surface area contributed by atoms with Crippen LogP contribution in [0.4, 0.5) is 0 Å². The van der Waals surface area contributed by atoms with Gasteiger partial charge in [0, 0.05) is 17.5 Å². The monoisotopic (exact) mass is 296 g/mol. The third-order valence-corrected chi connectivity index (χ3v) is 4.53. The zero-order valence-corrected chi connectivity index (χ0v) is 11.9. The van der Waals surface area contributed by atoms with Crippen molar-refractivity contribution in [2.45, 2.75) is 37.5 Å². The molecule has 0 unspecified atom stereocenters. The first-order valence-corrected chi connectivity index (χ1v) is 7.34. The summed E-state index contributed by atoms with van der Waals surface area (Å²) in [5, 5.41) is 10.1. The first kappa shape index (κ1) is 13.6. The van der Waals surface area contributed by atoms with E-state index in [1.807, 2.05) is 0 Å². The SMILES string of the molecule is O=C(O)C1(c2cc3c(cc2Cl)OCCCO3)CCCC1. The Labute approximate surface area is 122 Å². The number of benzene rings is 1. The molecule has 5 heteroatoms. The summed E-state index contributed by atoms with van der Waals surface area (Å²) in [5.41, 5.74) is -0.213. The second-order valence-corrected chi connectivity index (χ2v) is 5.83. The highest BCUT2D eigenvalue weighted by Gasteiger charge is 2.44. The van der Waals surface area contributed by atoms with E-state index in [2.05, 4.69) is 0 Å². The molecule has 0 saturated heterocycles. The van der Waals surface area contributed by atoms with Gasteiger partial charge in [0.15, 0.2) is 11.5 Å². The van der Waals surface area contributed by atoms with E-state index in [0.717, 1.165) is 19.3 Å². The van der Waals surface area contributed by atoms with E-state index < -0.39 is 11.4 Å². The number of halogens is 1. The molecule has 1 fully saturated rings. The number of rotatable bonds is 2. The molecule has 3 rings (SSSR count). The first-order valence-electron chi connectivity index (χ1n) is 6.96. The lowest BCUT2D eigenvalue weighted by atomic mass is 9.79. The molecule has 0 aromatic heterocycles. The van der Waals surface area contributed by atoms with Crippen molar-refractivity contribution >= 4 is 17.6 Å². The van der Waals surface area contributed by atoms with Crippen LogP contribution in [0.1, 0.15) is 37.7 Å². The molecule has 1 aromatic rings. The lowest BCUT2D eigenvalue weighted by Crippen LogP contribution is -2.33. The maximum atomic E-state index is 11.8. The summed E-state index contributed by atoms with van der Waals surface area (Å²) in [4.78, 5) is 11.8. The van der Waals surface area contributed by atoms with Crippen LogP contribution in [0.5, 0.6) is 11.5 Å². The maximum Gasteiger partial charge on any atom is 0.314 e. The van der Waals surface area contributed by atoms with Crippen LogP contribution in [-0.2, 0) is 10.2 Å². The summed E-state index contributed by atoms with van der Waals surface area (Å²) >= 11 is 6.33. The molecule has 4 nitrogen and oxygen atoms in total. The standard InChI is InChI=1S/C15H17ClO4/c16-11-9-13-12(19-6-3-7-20-13)8-10(11)15(14(17)18)4-1-2-5-15/h8-9H,1-7H2,(H,17,18). The largest absolute Gasteiger partial charge is 0.490 e. The zero-order valence-electron chi connectivity index (χ0n) is 11.2. The highest BCUT2D eigenvalue weighted by molar-refractivity contribution is 6.32. The second-order valence-electron chi connectivity index (χ2n) is 5.42. The van der Waals surface area contributed by atoms with Crippen LogP contribution < -0.4 is 9.47 Å². The van der Waals surface area contributed by atoms with Gasteiger partial charge in [0.25, 0.3) is 0 Å². The molecule has 20 heavy (non-hydrogen) atoms. The third kappa shape index (κ3) is 2.12. The minimum absolute atomic E-state index is 0.457. The first-order chi connectivity index (χ1) is 9.63. The van der Waals surface area contributed by atoms with Crippen molar-refractivity contribution in [3.8, 4) is 11.5 Å². The Kier molecular flexibility index (Phi) is 3.50. The van der Waals surface area contributed by atoms with Crippen molar-refractivity contribution in [1.82, 2.24) is 0 Å². The number of carboxylic acids is 1. The summed E-state index contributed by atoms with van der Waals surface area (Å²) in [6.45, 7) is 1.17. The highest BCUT2D eigenvalue weighted by atomic mass is 35.5. The van der Waals surface area contributed by atoms with Crippen LogP contribution >= 0.6 is 11.6 Å². The molecule has 0 amide bonds. The zero-order chi connectivity index (χ0) is 14.2. The normalized spacial score (nSPS) is 20.4. The molecule has 108 valence electrons. The predicted molar refractivity (Wildman–Crippen MR) is 74.8 cm³/mol. The molecule has 1 heterocycles. The van der Waals surface area contributed by atoms with Gasteiger partial charge in [-0.25, -0.2) is 0 Å².